The predicted molar refractivity (Wildman–Crippen MR) is 72.3 cm³/mol. The van der Waals surface area contributed by atoms with E-state index in [1.54, 1.807) is 0 Å². The average molecular weight is 244 g/mol. The molecule has 18 heavy (non-hydrogen) atoms. The number of imidazole rings is 1. The molecule has 0 radical (unpaired) electrons. The first-order valence-corrected chi connectivity index (χ1v) is 6.41. The second kappa shape index (κ2) is 6.31. The lowest BCUT2D eigenvalue weighted by Gasteiger charge is -2.10. The van der Waals surface area contributed by atoms with Crippen LogP contribution in [-0.4, -0.2) is 21.1 Å². The fraction of sp³-hybridized carbons (Fsp3) is 0.429. The summed E-state index contributed by atoms with van der Waals surface area (Å²) in [7, 11) is 0. The van der Waals surface area contributed by atoms with E-state index in [4.69, 9.17) is 0 Å². The van der Waals surface area contributed by atoms with Gasteiger partial charge in [-0.3, -0.25) is 4.98 Å². The Balaban J connectivity index is 2.05. The average Bonchev–Trinajstić information content (AvgIpc) is 2.80. The van der Waals surface area contributed by atoms with Gasteiger partial charge in [0.1, 0.15) is 0 Å². The Kier molecular flexibility index (Phi) is 4.47. The van der Waals surface area contributed by atoms with E-state index in [0.717, 1.165) is 31.7 Å². The largest absolute Gasteiger partial charge is 0.327 e. The van der Waals surface area contributed by atoms with E-state index in [2.05, 4.69) is 39.8 Å². The minimum atomic E-state index is 0.788. The van der Waals surface area contributed by atoms with Crippen LogP contribution >= 0.6 is 0 Å². The first-order valence-electron chi connectivity index (χ1n) is 6.41. The van der Waals surface area contributed by atoms with Crippen molar-refractivity contribution in [2.45, 2.75) is 33.4 Å². The number of pyridine rings is 1. The van der Waals surface area contributed by atoms with Crippen molar-refractivity contribution in [1.82, 2.24) is 19.9 Å². The van der Waals surface area contributed by atoms with Crippen LogP contribution in [0.3, 0.4) is 0 Å². The van der Waals surface area contributed by atoms with Crippen molar-refractivity contribution in [1.29, 1.82) is 0 Å². The fourth-order valence-corrected chi connectivity index (χ4v) is 1.88. The van der Waals surface area contributed by atoms with Gasteiger partial charge >= 0.3 is 0 Å². The molecule has 0 spiro atoms. The van der Waals surface area contributed by atoms with Gasteiger partial charge < -0.3 is 9.88 Å². The van der Waals surface area contributed by atoms with Crippen LogP contribution in [-0.2, 0) is 13.1 Å². The molecular weight excluding hydrogens is 224 g/mol. The van der Waals surface area contributed by atoms with Gasteiger partial charge in [-0.15, -0.1) is 0 Å². The van der Waals surface area contributed by atoms with Gasteiger partial charge in [-0.05, 0) is 31.5 Å². The maximum absolute atomic E-state index is 4.42. The van der Waals surface area contributed by atoms with E-state index in [1.165, 1.54) is 11.3 Å². The lowest BCUT2D eigenvalue weighted by molar-refractivity contribution is 0.626. The number of aromatic nitrogens is 3. The van der Waals surface area contributed by atoms with Crippen molar-refractivity contribution in [2.24, 2.45) is 0 Å². The molecule has 0 amide bonds. The van der Waals surface area contributed by atoms with Crippen LogP contribution in [0.5, 0.6) is 0 Å². The molecule has 0 aromatic carbocycles. The van der Waals surface area contributed by atoms with Gasteiger partial charge in [-0.25, -0.2) is 4.98 Å². The van der Waals surface area contributed by atoms with Crippen LogP contribution in [0.2, 0.25) is 0 Å². The Morgan fingerprint density at radius 3 is 3.06 bits per heavy atom. The molecular formula is C14H20N4. The van der Waals surface area contributed by atoms with Crippen molar-refractivity contribution in [3.63, 3.8) is 0 Å². The molecule has 0 fully saturated rings. The van der Waals surface area contributed by atoms with E-state index >= 15 is 0 Å². The molecule has 2 aromatic heterocycles. The number of hydrogen-bond donors (Lipinski definition) is 1. The maximum Gasteiger partial charge on any atom is 0.0952 e. The van der Waals surface area contributed by atoms with Crippen LogP contribution in [0.25, 0.3) is 0 Å². The second-order valence-corrected chi connectivity index (χ2v) is 4.46. The van der Waals surface area contributed by atoms with Crippen molar-refractivity contribution in [3.8, 4) is 0 Å². The molecule has 0 aliphatic heterocycles. The highest BCUT2D eigenvalue weighted by Crippen LogP contribution is 2.08. The zero-order valence-electron chi connectivity index (χ0n) is 11.1. The molecule has 0 saturated carbocycles. The molecule has 0 unspecified atom stereocenters. The van der Waals surface area contributed by atoms with Gasteiger partial charge in [-0.2, -0.15) is 0 Å². The lowest BCUT2D eigenvalue weighted by Crippen LogP contribution is -2.17. The van der Waals surface area contributed by atoms with E-state index in [9.17, 15) is 0 Å². The van der Waals surface area contributed by atoms with Gasteiger partial charge in [0.15, 0.2) is 0 Å². The summed E-state index contributed by atoms with van der Waals surface area (Å²) in [6.07, 6.45) is 6.78. The Morgan fingerprint density at radius 2 is 2.28 bits per heavy atom. The zero-order valence-corrected chi connectivity index (χ0v) is 11.1. The molecule has 0 aliphatic rings. The summed E-state index contributed by atoms with van der Waals surface area (Å²) in [6.45, 7) is 6.94. The van der Waals surface area contributed by atoms with Crippen LogP contribution in [0.1, 0.15) is 30.3 Å². The number of hydrogen-bond acceptors (Lipinski definition) is 3. The van der Waals surface area contributed by atoms with E-state index in [1.807, 2.05) is 24.8 Å². The summed E-state index contributed by atoms with van der Waals surface area (Å²) in [4.78, 5) is 8.64. The summed E-state index contributed by atoms with van der Waals surface area (Å²) in [5.74, 6) is 0. The third kappa shape index (κ3) is 3.17. The number of nitrogens with one attached hydrogen (secondary N) is 1. The highest BCUT2D eigenvalue weighted by atomic mass is 15.1. The Hall–Kier alpha value is -1.68. The second-order valence-electron chi connectivity index (χ2n) is 4.46. The quantitative estimate of drug-likeness (QED) is 0.792. The van der Waals surface area contributed by atoms with Gasteiger partial charge in [0.2, 0.25) is 0 Å². The van der Waals surface area contributed by atoms with Gasteiger partial charge in [0.25, 0.3) is 0 Å². The number of rotatable bonds is 6. The molecule has 4 nitrogen and oxygen atoms in total. The number of aryl methyl sites for hydroxylation is 1. The Bertz CT molecular complexity index is 490. The van der Waals surface area contributed by atoms with Crippen LogP contribution in [0.15, 0.2) is 30.9 Å². The molecule has 2 aromatic rings. The predicted octanol–water partition coefficient (Wildman–Crippen LogP) is 2.13. The maximum atomic E-state index is 4.42. The normalized spacial score (nSPS) is 10.8. The Morgan fingerprint density at radius 1 is 1.39 bits per heavy atom. The molecule has 0 saturated heterocycles. The molecule has 0 aliphatic carbocycles. The standard InChI is InChI=1S/C14H20N4/c1-3-6-15-8-13-9-16-11-18(13)10-14-12(2)5-4-7-17-14/h4-5,7,9,11,15H,3,6,8,10H2,1-2H3. The number of nitrogens with zero attached hydrogens (tertiary/aromatic N) is 3. The van der Waals surface area contributed by atoms with Crippen LogP contribution in [0, 0.1) is 6.92 Å². The summed E-state index contributed by atoms with van der Waals surface area (Å²) < 4.78 is 2.15. The van der Waals surface area contributed by atoms with Crippen LogP contribution < -0.4 is 5.32 Å². The van der Waals surface area contributed by atoms with Crippen molar-refractivity contribution in [3.05, 3.63) is 47.8 Å². The van der Waals surface area contributed by atoms with E-state index < -0.39 is 0 Å². The van der Waals surface area contributed by atoms with Gasteiger partial charge in [0.05, 0.1) is 24.3 Å². The molecule has 2 rings (SSSR count). The smallest absolute Gasteiger partial charge is 0.0952 e. The molecule has 4 heteroatoms. The molecule has 1 N–H and O–H groups in total. The van der Waals surface area contributed by atoms with Crippen molar-refractivity contribution < 1.29 is 0 Å². The summed E-state index contributed by atoms with van der Waals surface area (Å²) in [5, 5.41) is 3.40. The topological polar surface area (TPSA) is 42.7 Å². The summed E-state index contributed by atoms with van der Waals surface area (Å²) in [6, 6.07) is 4.06. The highest BCUT2D eigenvalue weighted by Gasteiger charge is 2.05. The first kappa shape index (κ1) is 12.8. The minimum absolute atomic E-state index is 0.788. The van der Waals surface area contributed by atoms with Crippen molar-refractivity contribution in [2.75, 3.05) is 6.54 Å². The van der Waals surface area contributed by atoms with Gasteiger partial charge in [-0.1, -0.05) is 13.0 Å². The summed E-state index contributed by atoms with van der Waals surface area (Å²) in [5.41, 5.74) is 3.53. The third-order valence-corrected chi connectivity index (χ3v) is 2.97. The van der Waals surface area contributed by atoms with Crippen LogP contribution in [0.4, 0.5) is 0 Å². The first-order chi connectivity index (χ1) is 8.81. The lowest BCUT2D eigenvalue weighted by atomic mass is 10.2. The van der Waals surface area contributed by atoms with E-state index in [0.29, 0.717) is 0 Å². The molecule has 0 atom stereocenters. The zero-order chi connectivity index (χ0) is 12.8. The van der Waals surface area contributed by atoms with E-state index in [-0.39, 0.29) is 0 Å². The SMILES string of the molecule is CCCNCc1cncn1Cc1ncccc1C. The van der Waals surface area contributed by atoms with Gasteiger partial charge in [0, 0.05) is 18.9 Å². The Labute approximate surface area is 108 Å². The van der Waals surface area contributed by atoms with Crippen molar-refractivity contribution >= 4 is 0 Å². The highest BCUT2D eigenvalue weighted by molar-refractivity contribution is 5.18. The minimum Gasteiger partial charge on any atom is -0.327 e. The summed E-state index contributed by atoms with van der Waals surface area (Å²) >= 11 is 0. The molecule has 2 heterocycles. The molecule has 0 bridgehead atoms. The fourth-order valence-electron chi connectivity index (χ4n) is 1.88. The molecule has 96 valence electrons. The third-order valence-electron chi connectivity index (χ3n) is 2.97. The monoisotopic (exact) mass is 244 g/mol.